The van der Waals surface area contributed by atoms with Crippen molar-refractivity contribution in [1.29, 1.82) is 0 Å². The number of ether oxygens (including phenoxy) is 2. The molecule has 0 bridgehead atoms. The molecule has 0 unspecified atom stereocenters. The number of nitro groups is 1. The molecular formula is C18H16BrNO5. The Morgan fingerprint density at radius 1 is 1.08 bits per heavy atom. The van der Waals surface area contributed by atoms with Crippen LogP contribution in [0.25, 0.3) is 0 Å². The predicted molar refractivity (Wildman–Crippen MR) is 95.6 cm³/mol. The summed E-state index contributed by atoms with van der Waals surface area (Å²) in [6.07, 6.45) is 5.15. The van der Waals surface area contributed by atoms with Gasteiger partial charge >= 0.3 is 0 Å². The quantitative estimate of drug-likeness (QED) is 0.370. The molecule has 1 aliphatic carbocycles. The lowest BCUT2D eigenvalue weighted by atomic mass is 10.2. The second kappa shape index (κ2) is 7.65. The highest BCUT2D eigenvalue weighted by atomic mass is 79.9. The van der Waals surface area contributed by atoms with Crippen molar-refractivity contribution in [3.8, 4) is 17.2 Å². The van der Waals surface area contributed by atoms with Gasteiger partial charge in [-0.15, -0.1) is 0 Å². The van der Waals surface area contributed by atoms with Gasteiger partial charge in [-0.1, -0.05) is 0 Å². The van der Waals surface area contributed by atoms with Crippen LogP contribution >= 0.6 is 15.9 Å². The fourth-order valence-electron chi connectivity index (χ4n) is 2.77. The van der Waals surface area contributed by atoms with E-state index in [0.717, 1.165) is 32.0 Å². The summed E-state index contributed by atoms with van der Waals surface area (Å²) in [6.45, 7) is 0. The number of carbonyl (C=O) groups is 1. The second-order valence-electron chi connectivity index (χ2n) is 5.82. The minimum atomic E-state index is -0.476. The fourth-order valence-corrected chi connectivity index (χ4v) is 3.21. The van der Waals surface area contributed by atoms with Gasteiger partial charge in [0, 0.05) is 17.7 Å². The van der Waals surface area contributed by atoms with Crippen LogP contribution in [0.3, 0.4) is 0 Å². The van der Waals surface area contributed by atoms with Crippen LogP contribution in [-0.4, -0.2) is 17.3 Å². The first-order valence-electron chi connectivity index (χ1n) is 7.94. The van der Waals surface area contributed by atoms with E-state index in [1.807, 2.05) is 0 Å². The van der Waals surface area contributed by atoms with Crippen molar-refractivity contribution in [1.82, 2.24) is 0 Å². The van der Waals surface area contributed by atoms with Crippen LogP contribution in [-0.2, 0) is 0 Å². The zero-order valence-electron chi connectivity index (χ0n) is 13.3. The molecule has 3 rings (SSSR count). The highest BCUT2D eigenvalue weighted by Gasteiger charge is 2.20. The summed E-state index contributed by atoms with van der Waals surface area (Å²) in [7, 11) is 0. The highest BCUT2D eigenvalue weighted by molar-refractivity contribution is 9.10. The topological polar surface area (TPSA) is 78.7 Å². The molecule has 1 aliphatic rings. The number of carbonyl (C=O) groups excluding carboxylic acids is 1. The van der Waals surface area contributed by atoms with E-state index in [-0.39, 0.29) is 11.8 Å². The summed E-state index contributed by atoms with van der Waals surface area (Å²) in [4.78, 5) is 21.4. The normalized spacial score (nSPS) is 14.3. The van der Waals surface area contributed by atoms with Crippen LogP contribution in [0.15, 0.2) is 40.9 Å². The molecule has 1 saturated carbocycles. The van der Waals surface area contributed by atoms with Gasteiger partial charge < -0.3 is 9.47 Å². The summed E-state index contributed by atoms with van der Waals surface area (Å²) in [5.41, 5.74) is 0.426. The molecule has 0 amide bonds. The van der Waals surface area contributed by atoms with E-state index in [0.29, 0.717) is 27.3 Å². The molecule has 25 heavy (non-hydrogen) atoms. The molecule has 0 spiro atoms. The first kappa shape index (κ1) is 17.4. The van der Waals surface area contributed by atoms with Crippen LogP contribution in [0.1, 0.15) is 36.0 Å². The monoisotopic (exact) mass is 405 g/mol. The van der Waals surface area contributed by atoms with Gasteiger partial charge in [-0.25, -0.2) is 0 Å². The average Bonchev–Trinajstić information content (AvgIpc) is 3.11. The van der Waals surface area contributed by atoms with E-state index < -0.39 is 4.92 Å². The Bertz CT molecular complexity index is 802. The van der Waals surface area contributed by atoms with E-state index in [1.54, 1.807) is 18.2 Å². The van der Waals surface area contributed by atoms with E-state index in [2.05, 4.69) is 15.9 Å². The number of non-ortho nitro benzene ring substituents is 1. The Balaban J connectivity index is 1.89. The van der Waals surface area contributed by atoms with Crippen molar-refractivity contribution in [3.05, 3.63) is 56.5 Å². The first-order valence-corrected chi connectivity index (χ1v) is 8.74. The molecule has 130 valence electrons. The molecule has 0 heterocycles. The minimum absolute atomic E-state index is 0.0386. The van der Waals surface area contributed by atoms with Crippen LogP contribution in [0.2, 0.25) is 0 Å². The standard InChI is InChI=1S/C18H16BrNO5/c19-15-10-13(20(22)23)6-8-16(15)25-18-9-12(11-21)5-7-17(18)24-14-3-1-2-4-14/h5-11,14H,1-4H2. The lowest BCUT2D eigenvalue weighted by Gasteiger charge is -2.17. The predicted octanol–water partition coefficient (Wildman–Crippen LogP) is 5.28. The largest absolute Gasteiger partial charge is 0.487 e. The maximum Gasteiger partial charge on any atom is 0.270 e. The molecule has 0 atom stereocenters. The van der Waals surface area contributed by atoms with Gasteiger partial charge in [-0.05, 0) is 65.9 Å². The Morgan fingerprint density at radius 2 is 1.80 bits per heavy atom. The van der Waals surface area contributed by atoms with Crippen molar-refractivity contribution in [2.24, 2.45) is 0 Å². The molecule has 6 nitrogen and oxygen atoms in total. The zero-order valence-corrected chi connectivity index (χ0v) is 14.9. The molecule has 2 aromatic carbocycles. The third kappa shape index (κ3) is 4.17. The van der Waals surface area contributed by atoms with Gasteiger partial charge in [0.25, 0.3) is 5.69 Å². The number of aldehydes is 1. The van der Waals surface area contributed by atoms with Crippen molar-refractivity contribution in [2.45, 2.75) is 31.8 Å². The van der Waals surface area contributed by atoms with Gasteiger partial charge in [0.1, 0.15) is 12.0 Å². The number of benzene rings is 2. The van der Waals surface area contributed by atoms with E-state index in [9.17, 15) is 14.9 Å². The number of rotatable bonds is 6. The molecule has 0 aromatic heterocycles. The number of hydrogen-bond acceptors (Lipinski definition) is 5. The average molecular weight is 406 g/mol. The Morgan fingerprint density at radius 3 is 2.44 bits per heavy atom. The number of nitrogens with zero attached hydrogens (tertiary/aromatic N) is 1. The molecule has 2 aromatic rings. The third-order valence-electron chi connectivity index (χ3n) is 4.05. The van der Waals surface area contributed by atoms with Crippen LogP contribution in [0.5, 0.6) is 17.2 Å². The molecule has 7 heteroatoms. The van der Waals surface area contributed by atoms with Crippen molar-refractivity contribution < 1.29 is 19.2 Å². The molecule has 0 aliphatic heterocycles. The van der Waals surface area contributed by atoms with E-state index in [1.165, 1.54) is 18.2 Å². The van der Waals surface area contributed by atoms with E-state index in [4.69, 9.17) is 9.47 Å². The van der Waals surface area contributed by atoms with Crippen molar-refractivity contribution in [2.75, 3.05) is 0 Å². The van der Waals surface area contributed by atoms with Crippen LogP contribution < -0.4 is 9.47 Å². The number of hydrogen-bond donors (Lipinski definition) is 0. The van der Waals surface area contributed by atoms with Gasteiger partial charge in [0.15, 0.2) is 11.5 Å². The molecule has 0 saturated heterocycles. The minimum Gasteiger partial charge on any atom is -0.487 e. The number of nitro benzene ring substituents is 1. The summed E-state index contributed by atoms with van der Waals surface area (Å²) >= 11 is 3.28. The van der Waals surface area contributed by atoms with E-state index >= 15 is 0 Å². The maximum absolute atomic E-state index is 11.1. The van der Waals surface area contributed by atoms with Crippen LogP contribution in [0, 0.1) is 10.1 Å². The first-order chi connectivity index (χ1) is 12.1. The zero-order chi connectivity index (χ0) is 17.8. The molecule has 0 N–H and O–H groups in total. The maximum atomic E-state index is 11.1. The Labute approximate surface area is 153 Å². The van der Waals surface area contributed by atoms with Gasteiger partial charge in [0.05, 0.1) is 15.5 Å². The Hall–Kier alpha value is -2.41. The summed E-state index contributed by atoms with van der Waals surface area (Å²) in [6, 6.07) is 9.24. The van der Waals surface area contributed by atoms with Gasteiger partial charge in [0.2, 0.25) is 0 Å². The van der Waals surface area contributed by atoms with Crippen LogP contribution in [0.4, 0.5) is 5.69 Å². The molecular weight excluding hydrogens is 390 g/mol. The lowest BCUT2D eigenvalue weighted by molar-refractivity contribution is -0.384. The summed E-state index contributed by atoms with van der Waals surface area (Å²) in [5, 5.41) is 10.8. The molecule has 1 fully saturated rings. The summed E-state index contributed by atoms with van der Waals surface area (Å²) < 4.78 is 12.3. The van der Waals surface area contributed by atoms with Gasteiger partial charge in [-0.3, -0.25) is 14.9 Å². The van der Waals surface area contributed by atoms with Crippen molar-refractivity contribution in [3.63, 3.8) is 0 Å². The Kier molecular flexibility index (Phi) is 5.33. The molecule has 0 radical (unpaired) electrons. The van der Waals surface area contributed by atoms with Gasteiger partial charge in [-0.2, -0.15) is 0 Å². The SMILES string of the molecule is O=Cc1ccc(OC2CCCC2)c(Oc2ccc([N+](=O)[O-])cc2Br)c1. The second-order valence-corrected chi connectivity index (χ2v) is 6.68. The van der Waals surface area contributed by atoms with Crippen molar-refractivity contribution >= 4 is 27.9 Å². The third-order valence-corrected chi connectivity index (χ3v) is 4.67. The fraction of sp³-hybridized carbons (Fsp3) is 0.278. The highest BCUT2D eigenvalue weighted by Crippen LogP contribution is 2.38. The lowest BCUT2D eigenvalue weighted by Crippen LogP contribution is -2.11. The summed E-state index contributed by atoms with van der Waals surface area (Å²) in [5.74, 6) is 1.37. The smallest absolute Gasteiger partial charge is 0.270 e. The number of halogens is 1.